The van der Waals surface area contributed by atoms with Gasteiger partial charge in [-0.1, -0.05) is 35.3 Å². The number of nitrogens with one attached hydrogen (secondary N) is 1. The Morgan fingerprint density at radius 2 is 1.78 bits per heavy atom. The van der Waals surface area contributed by atoms with E-state index in [0.29, 0.717) is 25.3 Å². The Hall–Kier alpha value is -2.67. The molecule has 0 bridgehead atoms. The molecule has 2 aromatic carbocycles. The second kappa shape index (κ2) is 7.92. The molecule has 0 atom stereocenters. The summed E-state index contributed by atoms with van der Waals surface area (Å²) in [7, 11) is 0. The summed E-state index contributed by atoms with van der Waals surface area (Å²) in [5.41, 5.74) is 0.394. The molecule has 0 saturated carbocycles. The number of carboxylic acid groups (broad SMARTS) is 1. The molecule has 0 aliphatic heterocycles. The van der Waals surface area contributed by atoms with Gasteiger partial charge in [0.1, 0.15) is 0 Å². The Labute approximate surface area is 166 Å². The first-order valence-electron chi connectivity index (χ1n) is 7.59. The Morgan fingerprint density at radius 1 is 1.07 bits per heavy atom. The fraction of sp³-hybridized carbons (Fsp3) is 0. The monoisotopic (exact) mass is 419 g/mol. The van der Waals surface area contributed by atoms with Crippen LogP contribution in [0.5, 0.6) is 0 Å². The van der Waals surface area contributed by atoms with E-state index in [4.69, 9.17) is 28.3 Å². The largest absolute Gasteiger partial charge is 0.478 e. The molecule has 1 heterocycles. The molecule has 3 rings (SSSR count). The number of hydrogen-bond donors (Lipinski definition) is 2. The average molecular weight is 420 g/mol. The molecular weight excluding hydrogens is 409 g/mol. The molecule has 2 N–H and O–H groups in total. The van der Waals surface area contributed by atoms with Gasteiger partial charge in [-0.05, 0) is 42.0 Å². The molecule has 0 aliphatic carbocycles. The van der Waals surface area contributed by atoms with Gasteiger partial charge in [0.15, 0.2) is 5.78 Å². The Morgan fingerprint density at radius 3 is 2.44 bits per heavy atom. The lowest BCUT2D eigenvalue weighted by atomic mass is 10.1. The lowest BCUT2D eigenvalue weighted by Crippen LogP contribution is -2.20. The number of carbonyl (C=O) groups excluding carboxylic acids is 1. The van der Waals surface area contributed by atoms with E-state index >= 15 is 0 Å². The SMILES string of the molecule is O=C(/C=c1/[nH]c(=O)/c(=C/c2cccc(C(=O)O)c2Cl)s1)c1ccc(Cl)cc1. The zero-order valence-electron chi connectivity index (χ0n) is 13.5. The molecule has 0 saturated heterocycles. The lowest BCUT2D eigenvalue weighted by molar-refractivity contribution is 0.0697. The molecule has 0 aliphatic rings. The Kier molecular flexibility index (Phi) is 5.60. The molecule has 0 radical (unpaired) electrons. The third kappa shape index (κ3) is 4.36. The molecule has 0 spiro atoms. The summed E-state index contributed by atoms with van der Waals surface area (Å²) in [5, 5.41) is 9.69. The number of aromatic amines is 1. The standard InChI is InChI=1S/C19H11Cl2NO4S/c20-12-6-4-10(5-7-12)14(23)9-16-22-18(24)15(27-16)8-11-2-1-3-13(17(11)21)19(25)26/h1-9H,(H,22,24)(H,25,26)/b15-8-,16-9-. The molecule has 1 aromatic heterocycles. The van der Waals surface area contributed by atoms with E-state index in [1.54, 1.807) is 36.4 Å². The number of hydrogen-bond acceptors (Lipinski definition) is 4. The van der Waals surface area contributed by atoms with E-state index in [-0.39, 0.29) is 16.4 Å². The van der Waals surface area contributed by atoms with Gasteiger partial charge in [-0.2, -0.15) is 0 Å². The minimum absolute atomic E-state index is 0.0422. The van der Waals surface area contributed by atoms with Crippen LogP contribution < -0.4 is 14.8 Å². The predicted octanol–water partition coefficient (Wildman–Crippen LogP) is 2.93. The summed E-state index contributed by atoms with van der Waals surface area (Å²) in [6.45, 7) is 0. The van der Waals surface area contributed by atoms with Gasteiger partial charge in [0.2, 0.25) is 0 Å². The average Bonchev–Trinajstić information content (AvgIpc) is 2.96. The minimum Gasteiger partial charge on any atom is -0.478 e. The van der Waals surface area contributed by atoms with Crippen molar-refractivity contribution in [2.45, 2.75) is 0 Å². The van der Waals surface area contributed by atoms with Gasteiger partial charge in [-0.25, -0.2) is 4.79 Å². The van der Waals surface area contributed by atoms with Crippen molar-refractivity contribution in [3.8, 4) is 0 Å². The number of H-pyrrole nitrogens is 1. The molecular formula is C19H11Cl2NO4S. The van der Waals surface area contributed by atoms with Crippen molar-refractivity contribution in [1.29, 1.82) is 0 Å². The van der Waals surface area contributed by atoms with Crippen molar-refractivity contribution in [2.75, 3.05) is 0 Å². The maximum atomic E-state index is 12.3. The summed E-state index contributed by atoms with van der Waals surface area (Å²) in [5.74, 6) is -1.43. The van der Waals surface area contributed by atoms with Gasteiger partial charge < -0.3 is 10.1 Å². The van der Waals surface area contributed by atoms with Gasteiger partial charge in [0.25, 0.3) is 5.56 Å². The van der Waals surface area contributed by atoms with E-state index in [9.17, 15) is 14.4 Å². The highest BCUT2D eigenvalue weighted by Gasteiger charge is 2.11. The van der Waals surface area contributed by atoms with Crippen molar-refractivity contribution < 1.29 is 14.7 Å². The number of Topliss-reactive ketones (excluding diaryl/α,β-unsaturated/α-hetero) is 1. The van der Waals surface area contributed by atoms with Crippen LogP contribution >= 0.6 is 34.5 Å². The van der Waals surface area contributed by atoms with Crippen molar-refractivity contribution in [2.24, 2.45) is 0 Å². The van der Waals surface area contributed by atoms with Crippen LogP contribution in [0.2, 0.25) is 10.0 Å². The molecule has 0 amide bonds. The molecule has 5 nitrogen and oxygen atoms in total. The molecule has 8 heteroatoms. The summed E-state index contributed by atoms with van der Waals surface area (Å²) in [4.78, 5) is 38.2. The zero-order valence-corrected chi connectivity index (χ0v) is 15.9. The quantitative estimate of drug-likeness (QED) is 0.636. The van der Waals surface area contributed by atoms with Crippen LogP contribution in [-0.2, 0) is 0 Å². The van der Waals surface area contributed by atoms with Gasteiger partial charge in [-0.15, -0.1) is 11.3 Å². The van der Waals surface area contributed by atoms with Crippen LogP contribution in [0.15, 0.2) is 47.3 Å². The molecule has 3 aromatic rings. The maximum Gasteiger partial charge on any atom is 0.337 e. The highest BCUT2D eigenvalue weighted by molar-refractivity contribution is 7.07. The third-order valence-corrected chi connectivity index (χ3v) is 5.25. The first kappa shape index (κ1) is 19.1. The number of rotatable bonds is 4. The highest BCUT2D eigenvalue weighted by Crippen LogP contribution is 2.21. The number of carboxylic acids is 1. The first-order chi connectivity index (χ1) is 12.8. The normalized spacial score (nSPS) is 12.4. The van der Waals surface area contributed by atoms with Crippen LogP contribution in [0, 0.1) is 0 Å². The van der Waals surface area contributed by atoms with Crippen LogP contribution in [0.1, 0.15) is 26.3 Å². The van der Waals surface area contributed by atoms with Crippen molar-refractivity contribution >= 4 is 58.4 Å². The smallest absolute Gasteiger partial charge is 0.337 e. The van der Waals surface area contributed by atoms with Crippen LogP contribution in [-0.4, -0.2) is 21.8 Å². The fourth-order valence-electron chi connectivity index (χ4n) is 2.31. The summed E-state index contributed by atoms with van der Waals surface area (Å²) in [6.07, 6.45) is 2.81. The maximum absolute atomic E-state index is 12.3. The van der Waals surface area contributed by atoms with Gasteiger partial charge in [-0.3, -0.25) is 9.59 Å². The van der Waals surface area contributed by atoms with E-state index < -0.39 is 11.5 Å². The van der Waals surface area contributed by atoms with Gasteiger partial charge >= 0.3 is 5.97 Å². The number of carbonyl (C=O) groups is 2. The number of ketones is 1. The van der Waals surface area contributed by atoms with Crippen molar-refractivity contribution in [1.82, 2.24) is 4.98 Å². The molecule has 0 unspecified atom stereocenters. The number of aromatic nitrogens is 1. The second-order valence-corrected chi connectivity index (χ2v) is 7.36. The van der Waals surface area contributed by atoms with Gasteiger partial charge in [0.05, 0.1) is 19.8 Å². The molecule has 27 heavy (non-hydrogen) atoms. The van der Waals surface area contributed by atoms with E-state index in [1.807, 2.05) is 0 Å². The summed E-state index contributed by atoms with van der Waals surface area (Å²) in [6, 6.07) is 10.9. The molecule has 136 valence electrons. The summed E-state index contributed by atoms with van der Waals surface area (Å²) < 4.78 is 0.673. The van der Waals surface area contributed by atoms with Crippen LogP contribution in [0.25, 0.3) is 12.2 Å². The van der Waals surface area contributed by atoms with Crippen LogP contribution in [0.3, 0.4) is 0 Å². The number of thiazole rings is 1. The van der Waals surface area contributed by atoms with Gasteiger partial charge in [0, 0.05) is 16.7 Å². The minimum atomic E-state index is -1.15. The van der Waals surface area contributed by atoms with Crippen LogP contribution in [0.4, 0.5) is 0 Å². The van der Waals surface area contributed by atoms with E-state index in [0.717, 1.165) is 11.3 Å². The molecule has 0 fully saturated rings. The van der Waals surface area contributed by atoms with Crippen molar-refractivity contribution in [3.63, 3.8) is 0 Å². The third-order valence-electron chi connectivity index (χ3n) is 3.62. The summed E-state index contributed by atoms with van der Waals surface area (Å²) >= 11 is 13.0. The number of halogens is 2. The number of aromatic carboxylic acids is 1. The lowest BCUT2D eigenvalue weighted by Gasteiger charge is -2.01. The fourth-order valence-corrected chi connectivity index (χ4v) is 3.57. The van der Waals surface area contributed by atoms with Crippen molar-refractivity contribution in [3.05, 3.63) is 88.7 Å². The van der Waals surface area contributed by atoms with E-state index in [1.165, 1.54) is 18.2 Å². The second-order valence-electron chi connectivity index (χ2n) is 5.46. The predicted molar refractivity (Wildman–Crippen MR) is 106 cm³/mol. The van der Waals surface area contributed by atoms with E-state index in [2.05, 4.69) is 4.98 Å². The highest BCUT2D eigenvalue weighted by atomic mass is 35.5. The Balaban J connectivity index is 2.02. The Bertz CT molecular complexity index is 1210. The number of benzene rings is 2. The zero-order chi connectivity index (χ0) is 19.6. The first-order valence-corrected chi connectivity index (χ1v) is 9.16. The topological polar surface area (TPSA) is 87.2 Å².